The summed E-state index contributed by atoms with van der Waals surface area (Å²) >= 11 is 0. The van der Waals surface area contributed by atoms with Crippen LogP contribution in [0.2, 0.25) is 39.3 Å². The van der Waals surface area contributed by atoms with E-state index in [1.807, 2.05) is 103 Å². The number of para-hydroxylation sites is 3. The van der Waals surface area contributed by atoms with Crippen LogP contribution in [0.4, 0.5) is 17.3 Å². The van der Waals surface area contributed by atoms with Crippen LogP contribution >= 0.6 is 0 Å². The quantitative estimate of drug-likeness (QED) is 0.0977. The van der Waals surface area contributed by atoms with Crippen molar-refractivity contribution in [3.63, 3.8) is 0 Å². The van der Waals surface area contributed by atoms with Crippen molar-refractivity contribution in [3.05, 3.63) is 332 Å². The molecule has 3 aliphatic heterocycles. The molecule has 12 heteroatoms. The number of pyridine rings is 5. The van der Waals surface area contributed by atoms with E-state index < -0.39 is 16.1 Å². The van der Waals surface area contributed by atoms with Crippen molar-refractivity contribution >= 4 is 87.5 Å². The molecule has 100 heavy (non-hydrogen) atoms. The summed E-state index contributed by atoms with van der Waals surface area (Å²) in [6.07, 6.45) is 7.87. The van der Waals surface area contributed by atoms with E-state index in [1.165, 1.54) is 77.3 Å². The van der Waals surface area contributed by atoms with Gasteiger partial charge in [0.15, 0.2) is 12.7 Å². The van der Waals surface area contributed by atoms with E-state index in [9.17, 15) is 0 Å². The molecule has 0 unspecified atom stereocenters. The fraction of sp³-hybridized carbons (Fsp3) is 0.102. The van der Waals surface area contributed by atoms with Gasteiger partial charge in [-0.1, -0.05) is 160 Å². The van der Waals surface area contributed by atoms with E-state index in [-0.39, 0.29) is 41.2 Å². The number of H-pyrrole nitrogens is 1. The fourth-order valence-electron chi connectivity index (χ4n) is 13.8. The molecule has 19 rings (SSSR count). The van der Waals surface area contributed by atoms with E-state index >= 15 is 0 Å². The third kappa shape index (κ3) is 13.2. The van der Waals surface area contributed by atoms with Gasteiger partial charge in [-0.25, -0.2) is 0 Å². The van der Waals surface area contributed by atoms with Crippen LogP contribution in [0, 0.1) is 24.3 Å². The predicted octanol–water partition coefficient (Wildman–Crippen LogP) is 19.6. The summed E-state index contributed by atoms with van der Waals surface area (Å²) in [5.41, 5.74) is 24.2. The molecule has 0 saturated heterocycles. The Morgan fingerprint density at radius 3 is 1.56 bits per heavy atom. The number of hydrogen-bond donors (Lipinski definition) is 1. The van der Waals surface area contributed by atoms with Crippen LogP contribution in [-0.4, -0.2) is 45.6 Å². The Kier molecular flexibility index (Phi) is 19.0. The van der Waals surface area contributed by atoms with Crippen LogP contribution in [0.5, 0.6) is 0 Å². The summed E-state index contributed by atoms with van der Waals surface area (Å²) in [5, 5.41) is 8.01. The minimum absolute atomic E-state index is 0. The van der Waals surface area contributed by atoms with Crippen LogP contribution in [0.1, 0.15) is 27.8 Å². The van der Waals surface area contributed by atoms with Crippen molar-refractivity contribution < 1.29 is 45.7 Å². The van der Waals surface area contributed by atoms with Crippen molar-refractivity contribution in [1.29, 1.82) is 0 Å². The number of fused-ring (bicyclic) bond motifs is 13. The first kappa shape index (κ1) is 67.1. The predicted molar refractivity (Wildman–Crippen MR) is 409 cm³/mol. The summed E-state index contributed by atoms with van der Waals surface area (Å²) < 4.78 is 4.80. The van der Waals surface area contributed by atoms with E-state index in [1.54, 1.807) is 16.6 Å². The summed E-state index contributed by atoms with van der Waals surface area (Å²) in [5.74, 6) is 1.93. The molecule has 9 aromatic carbocycles. The molecule has 0 fully saturated rings. The maximum absolute atomic E-state index is 5.16. The Labute approximate surface area is 614 Å². The molecule has 16 aromatic rings. The van der Waals surface area contributed by atoms with Gasteiger partial charge in [0.2, 0.25) is 5.69 Å². The molecule has 8 nitrogen and oxygen atoms in total. The van der Waals surface area contributed by atoms with Crippen LogP contribution in [-0.2, 0) is 60.6 Å². The zero-order valence-electron chi connectivity index (χ0n) is 56.5. The van der Waals surface area contributed by atoms with Gasteiger partial charge in [0.05, 0.1) is 43.9 Å². The van der Waals surface area contributed by atoms with E-state index in [4.69, 9.17) is 9.97 Å². The second-order valence-corrected chi connectivity index (χ2v) is 37.6. The van der Waals surface area contributed by atoms with Crippen LogP contribution in [0.15, 0.2) is 279 Å². The molecule has 0 spiro atoms. The molecule has 0 atom stereocenters. The van der Waals surface area contributed by atoms with Crippen molar-refractivity contribution in [1.82, 2.24) is 29.5 Å². The number of nitrogens with zero attached hydrogens (tertiary/aromatic N) is 7. The number of aromatic amines is 1. The van der Waals surface area contributed by atoms with Crippen LogP contribution in [0.3, 0.4) is 0 Å². The molecule has 7 aromatic heterocycles. The van der Waals surface area contributed by atoms with Crippen molar-refractivity contribution in [2.24, 2.45) is 0 Å². The Morgan fingerprint density at radius 1 is 0.420 bits per heavy atom. The molecule has 0 amide bonds. The topological polar surface area (TPSA) is 79.4 Å². The minimum Gasteiger partial charge on any atom is -0.353 e. The first-order valence-electron chi connectivity index (χ1n) is 33.6. The Balaban J connectivity index is 0.000000119. The van der Waals surface area contributed by atoms with Gasteiger partial charge in [0.1, 0.15) is 11.6 Å². The van der Waals surface area contributed by atoms with Gasteiger partial charge < -0.3 is 19.5 Å². The second-order valence-electron chi connectivity index (χ2n) is 27.4. The summed E-state index contributed by atoms with van der Waals surface area (Å²) in [6.45, 7) is 15.6. The number of rotatable bonds is 7. The zero-order valence-corrected chi connectivity index (χ0v) is 63.1. The second kappa shape index (κ2) is 28.3. The largest absolute Gasteiger partial charge is 2.00 e. The molecular weight excluding hydrogens is 1610 g/mol. The van der Waals surface area contributed by atoms with Crippen molar-refractivity contribution in [3.8, 4) is 62.0 Å². The Bertz CT molecular complexity index is 5480. The molecule has 1 N–H and O–H groups in total. The first-order valence-corrected chi connectivity index (χ1v) is 40.6. The monoisotopic (exact) mass is 1680 g/mol. The Morgan fingerprint density at radius 2 is 0.970 bits per heavy atom. The van der Waals surface area contributed by atoms with Gasteiger partial charge in [0, 0.05) is 94.9 Å². The average molecular weight is 1680 g/mol. The average Bonchev–Trinajstić information content (AvgIpc) is 0.951. The van der Waals surface area contributed by atoms with Crippen molar-refractivity contribution in [2.45, 2.75) is 58.7 Å². The van der Waals surface area contributed by atoms with E-state index in [2.05, 4.69) is 263 Å². The summed E-state index contributed by atoms with van der Waals surface area (Å²) in [7, 11) is -2.47. The maximum Gasteiger partial charge on any atom is 2.00 e. The minimum atomic E-state index is -1.24. The molecule has 1 radical (unpaired) electrons. The molecule has 0 saturated carbocycles. The molecular formula is C88H71IrN8PtSi2-. The number of anilines is 3. The molecule has 0 aliphatic carbocycles. The van der Waals surface area contributed by atoms with E-state index in [0.717, 1.165) is 92.8 Å². The van der Waals surface area contributed by atoms with Gasteiger partial charge in [-0.15, -0.1) is 144 Å². The van der Waals surface area contributed by atoms with Crippen LogP contribution in [0.25, 0.3) is 106 Å². The standard InChI is InChI=1S/C30H19N3.C29H18N3.C18H26NSi2.C11H8N.Ir.Pt/c1-3-8-20(9-4-1)26-16-14-24-18-22-12-7-13-23-19-25-15-17-27(21-10-5-2-6-11-21)32-30(25)33(28(22)23)29(24)31-26;1-3-9-19(10-4-1)25-16-23-22-15-24-21-13-7-8-14-28(21)32(20-11-5-2-6-12-20)29(24)17-26(22)31-27(23)18-30-25;1-20(2,3)15-8-7-14-12-19-13-16(21(4,5)6)9-10-18(19)17(14)11-15;1-2-6-10(7-3-1)11-8-4-5-9-12-11;;/h1-8,10,12-17H,18-19H2;1-9,11-18,31H;7-11,13H,12H2,1-6H3;1-6,8-9H;;/q-2;-1;+1;-1;;+2. The van der Waals surface area contributed by atoms with Gasteiger partial charge in [-0.05, 0) is 87.5 Å². The third-order valence-corrected chi connectivity index (χ3v) is 23.0. The fourth-order valence-corrected chi connectivity index (χ4v) is 16.1. The number of hydrogen-bond acceptors (Lipinski definition) is 5. The Hall–Kier alpha value is -10.1. The van der Waals surface area contributed by atoms with E-state index in [0.29, 0.717) is 0 Å². The van der Waals surface area contributed by atoms with Gasteiger partial charge in [0.25, 0.3) is 0 Å². The number of nitrogens with one attached hydrogen (secondary N) is 1. The normalized spacial score (nSPS) is 12.2. The SMILES string of the molecule is C[Si](C)(C)c1ccc2c(c1)-c1ccc([Si](C)(C)C)c[n+]1C2.[Ir].[Pt+2].[c-]1ccccc1-c1cc2c(cn1)[nH]c1cc3c(cc12)c1ccccc1n3-c1ccccc1.[c-]1ccccc1-c1ccc2c(n1)N1c3nc(-c4[c-]cccc4)ccc3Cc3cccc(c31)C2.[c-]1ccccc1-c1ccccn1. The molecule has 491 valence electrons. The van der Waals surface area contributed by atoms with Crippen molar-refractivity contribution in [2.75, 3.05) is 4.90 Å². The van der Waals surface area contributed by atoms with Gasteiger partial charge in [-0.3, -0.25) is 14.9 Å². The smallest absolute Gasteiger partial charge is 0.353 e. The summed E-state index contributed by atoms with van der Waals surface area (Å²) in [4.78, 5) is 25.1. The molecule has 0 bridgehead atoms. The van der Waals surface area contributed by atoms with Gasteiger partial charge >= 0.3 is 21.1 Å². The first-order chi connectivity index (χ1) is 47.8. The molecule has 3 aliphatic rings. The van der Waals surface area contributed by atoms with Crippen LogP contribution < -0.4 is 19.8 Å². The maximum atomic E-state index is 5.16. The molecule has 10 heterocycles. The number of aromatic nitrogens is 7. The summed E-state index contributed by atoms with van der Waals surface area (Å²) in [6, 6.07) is 104. The third-order valence-electron chi connectivity index (χ3n) is 18.9. The zero-order chi connectivity index (χ0) is 66.5. The number of benzene rings is 9. The van der Waals surface area contributed by atoms with Gasteiger partial charge in [-0.2, -0.15) is 4.57 Å².